The molecule has 0 aliphatic rings. The molecule has 3 aromatic rings. The van der Waals surface area contributed by atoms with Crippen LogP contribution < -0.4 is 0 Å². The molecule has 1 aromatic carbocycles. The van der Waals surface area contributed by atoms with Crippen LogP contribution in [0.25, 0.3) is 0 Å². The molecular formula is C15H10Cl4N4. The smallest absolute Gasteiger partial charge is 0.137 e. The first-order chi connectivity index (χ1) is 11.0. The highest BCUT2D eigenvalue weighted by Gasteiger charge is 2.36. The number of benzene rings is 1. The second-order valence-electron chi connectivity index (χ2n) is 4.88. The zero-order chi connectivity index (χ0) is 16.4. The number of hydrogen-bond donors (Lipinski definition) is 0. The number of aromatic nitrogens is 4. The number of hydrogen-bond acceptors (Lipinski definition) is 3. The van der Waals surface area contributed by atoms with Crippen molar-refractivity contribution in [3.05, 3.63) is 75.5 Å². The molecule has 0 radical (unpaired) electrons. The molecule has 0 aliphatic heterocycles. The van der Waals surface area contributed by atoms with Crippen LogP contribution in [0.2, 0.25) is 15.1 Å². The number of halogens is 4. The van der Waals surface area contributed by atoms with E-state index in [4.69, 9.17) is 46.4 Å². The van der Waals surface area contributed by atoms with Crippen molar-refractivity contribution in [3.8, 4) is 0 Å². The van der Waals surface area contributed by atoms with E-state index >= 15 is 0 Å². The van der Waals surface area contributed by atoms with E-state index in [1.807, 2.05) is 0 Å². The lowest BCUT2D eigenvalue weighted by Gasteiger charge is -2.28. The van der Waals surface area contributed by atoms with Crippen molar-refractivity contribution in [3.63, 3.8) is 0 Å². The van der Waals surface area contributed by atoms with Crippen molar-refractivity contribution in [2.45, 2.75) is 11.4 Å². The summed E-state index contributed by atoms with van der Waals surface area (Å²) in [6, 6.07) is 8.65. The summed E-state index contributed by atoms with van der Waals surface area (Å²) in [6.07, 6.45) is 4.56. The van der Waals surface area contributed by atoms with Crippen molar-refractivity contribution in [2.24, 2.45) is 0 Å². The van der Waals surface area contributed by atoms with E-state index in [1.54, 1.807) is 47.5 Å². The Morgan fingerprint density at radius 3 is 2.43 bits per heavy atom. The first-order valence-corrected chi connectivity index (χ1v) is 8.09. The van der Waals surface area contributed by atoms with Gasteiger partial charge in [-0.25, -0.2) is 4.98 Å². The van der Waals surface area contributed by atoms with Gasteiger partial charge in [0.2, 0.25) is 0 Å². The Hall–Kier alpha value is -1.33. The van der Waals surface area contributed by atoms with Crippen LogP contribution in [-0.4, -0.2) is 19.7 Å². The van der Waals surface area contributed by atoms with Gasteiger partial charge in [0, 0.05) is 16.2 Å². The maximum Gasteiger partial charge on any atom is 0.137 e. The van der Waals surface area contributed by atoms with Gasteiger partial charge in [0.05, 0.1) is 17.3 Å². The van der Waals surface area contributed by atoms with E-state index in [0.29, 0.717) is 32.9 Å². The Morgan fingerprint density at radius 2 is 1.83 bits per heavy atom. The van der Waals surface area contributed by atoms with Crippen molar-refractivity contribution in [2.75, 3.05) is 0 Å². The van der Waals surface area contributed by atoms with E-state index < -0.39 is 4.87 Å². The monoisotopic (exact) mass is 386 g/mol. The van der Waals surface area contributed by atoms with Gasteiger partial charge in [-0.05, 0) is 29.8 Å². The Labute approximate surface area is 153 Å². The van der Waals surface area contributed by atoms with Gasteiger partial charge in [0.1, 0.15) is 17.5 Å². The number of alkyl halides is 1. The maximum absolute atomic E-state index is 6.97. The molecule has 23 heavy (non-hydrogen) atoms. The molecule has 3 rings (SSSR count). The molecule has 118 valence electrons. The SMILES string of the molecule is Clc1ccc(C(Cl)(Cn2cncn2)c2ccc(Cl)cc2Cl)nc1. The topological polar surface area (TPSA) is 43.6 Å². The molecule has 4 nitrogen and oxygen atoms in total. The Morgan fingerprint density at radius 1 is 1.04 bits per heavy atom. The van der Waals surface area contributed by atoms with Gasteiger partial charge in [-0.15, -0.1) is 11.6 Å². The normalized spacial score (nSPS) is 13.7. The van der Waals surface area contributed by atoms with E-state index in [0.717, 1.165) is 0 Å². The van der Waals surface area contributed by atoms with Gasteiger partial charge in [-0.1, -0.05) is 40.9 Å². The molecule has 1 unspecified atom stereocenters. The van der Waals surface area contributed by atoms with Gasteiger partial charge in [-0.2, -0.15) is 5.10 Å². The highest BCUT2D eigenvalue weighted by molar-refractivity contribution is 6.36. The average molecular weight is 388 g/mol. The minimum Gasteiger partial charge on any atom is -0.257 e. The summed E-state index contributed by atoms with van der Waals surface area (Å²) in [4.78, 5) is 7.25. The van der Waals surface area contributed by atoms with Crippen molar-refractivity contribution in [1.82, 2.24) is 19.7 Å². The second kappa shape index (κ2) is 6.65. The summed E-state index contributed by atoms with van der Waals surface area (Å²) < 4.78 is 1.62. The highest BCUT2D eigenvalue weighted by Crippen LogP contribution is 2.41. The van der Waals surface area contributed by atoms with E-state index in [-0.39, 0.29) is 0 Å². The van der Waals surface area contributed by atoms with Crippen molar-refractivity contribution >= 4 is 46.4 Å². The summed E-state index contributed by atoms with van der Waals surface area (Å²) >= 11 is 25.3. The van der Waals surface area contributed by atoms with Gasteiger partial charge in [0.25, 0.3) is 0 Å². The lowest BCUT2D eigenvalue weighted by atomic mass is 9.93. The van der Waals surface area contributed by atoms with Gasteiger partial charge < -0.3 is 0 Å². The molecule has 0 fully saturated rings. The van der Waals surface area contributed by atoms with Crippen molar-refractivity contribution in [1.29, 1.82) is 0 Å². The molecular weight excluding hydrogens is 378 g/mol. The quantitative estimate of drug-likeness (QED) is 0.603. The second-order valence-corrected chi connectivity index (χ2v) is 6.81. The van der Waals surface area contributed by atoms with Crippen LogP contribution in [0.15, 0.2) is 49.2 Å². The van der Waals surface area contributed by atoms with Crippen LogP contribution in [0, 0.1) is 0 Å². The molecule has 0 aliphatic carbocycles. The molecule has 2 aromatic heterocycles. The predicted molar refractivity (Wildman–Crippen MR) is 92.4 cm³/mol. The minimum atomic E-state index is -1.04. The van der Waals surface area contributed by atoms with Crippen LogP contribution in [0.3, 0.4) is 0 Å². The van der Waals surface area contributed by atoms with Crippen LogP contribution in [0.1, 0.15) is 11.3 Å². The average Bonchev–Trinajstić information content (AvgIpc) is 3.00. The van der Waals surface area contributed by atoms with Crippen LogP contribution in [-0.2, 0) is 11.4 Å². The van der Waals surface area contributed by atoms with E-state index in [2.05, 4.69) is 15.1 Å². The Balaban J connectivity index is 2.14. The molecule has 0 saturated carbocycles. The third-order valence-corrected chi connectivity index (χ3v) is 4.63. The van der Waals surface area contributed by atoms with Gasteiger partial charge in [0.15, 0.2) is 0 Å². The zero-order valence-corrected chi connectivity index (χ0v) is 14.7. The van der Waals surface area contributed by atoms with E-state index in [9.17, 15) is 0 Å². The Kier molecular flexibility index (Phi) is 4.78. The fourth-order valence-corrected chi connectivity index (χ4v) is 3.39. The summed E-state index contributed by atoms with van der Waals surface area (Å²) in [7, 11) is 0. The summed E-state index contributed by atoms with van der Waals surface area (Å²) in [5.74, 6) is 0. The first kappa shape index (κ1) is 16.5. The number of pyridine rings is 1. The van der Waals surface area contributed by atoms with Gasteiger partial charge in [-0.3, -0.25) is 9.67 Å². The lowest BCUT2D eigenvalue weighted by molar-refractivity contribution is 0.512. The fourth-order valence-electron chi connectivity index (χ4n) is 2.26. The standard InChI is InChI=1S/C15H10Cl4N4/c16-10-1-3-12(13(18)5-10)15(19,7-23-9-20-8-22-23)14-4-2-11(17)6-21-14/h1-6,8-9H,7H2. The molecule has 1 atom stereocenters. The summed E-state index contributed by atoms with van der Waals surface area (Å²) in [5.41, 5.74) is 1.28. The fraction of sp³-hybridized carbons (Fsp3) is 0.133. The van der Waals surface area contributed by atoms with Gasteiger partial charge >= 0.3 is 0 Å². The predicted octanol–water partition coefficient (Wildman–Crippen LogP) is 4.82. The highest BCUT2D eigenvalue weighted by atomic mass is 35.5. The van der Waals surface area contributed by atoms with Crippen LogP contribution in [0.5, 0.6) is 0 Å². The van der Waals surface area contributed by atoms with E-state index in [1.165, 1.54) is 6.33 Å². The van der Waals surface area contributed by atoms with Crippen LogP contribution >= 0.6 is 46.4 Å². The number of nitrogens with zero attached hydrogens (tertiary/aromatic N) is 4. The third-order valence-electron chi connectivity index (χ3n) is 3.34. The molecule has 0 spiro atoms. The zero-order valence-electron chi connectivity index (χ0n) is 11.6. The molecule has 8 heteroatoms. The summed E-state index contributed by atoms with van der Waals surface area (Å²) in [6.45, 7) is 0.296. The molecule has 2 heterocycles. The first-order valence-electron chi connectivity index (χ1n) is 6.58. The Bertz CT molecular complexity index is 805. The number of rotatable bonds is 4. The molecule has 0 saturated heterocycles. The summed E-state index contributed by atoms with van der Waals surface area (Å²) in [5, 5.41) is 5.62. The third kappa shape index (κ3) is 3.45. The van der Waals surface area contributed by atoms with Crippen molar-refractivity contribution < 1.29 is 0 Å². The minimum absolute atomic E-state index is 0.296. The lowest BCUT2D eigenvalue weighted by Crippen LogP contribution is -2.29. The molecule has 0 bridgehead atoms. The van der Waals surface area contributed by atoms with Crippen LogP contribution in [0.4, 0.5) is 0 Å². The molecule has 0 amide bonds. The molecule has 0 N–H and O–H groups in total. The largest absolute Gasteiger partial charge is 0.257 e. The maximum atomic E-state index is 6.97.